The molecular weight excluding hydrogens is 374 g/mol. The molecule has 0 unspecified atom stereocenters. The van der Waals surface area contributed by atoms with Crippen LogP contribution in [0.5, 0.6) is 0 Å². The molecule has 2 aromatic carbocycles. The molecule has 2 N–H and O–H groups in total. The van der Waals surface area contributed by atoms with Crippen molar-refractivity contribution in [2.75, 3.05) is 37.0 Å². The number of rotatable bonds is 6. The molecule has 0 aromatic heterocycles. The van der Waals surface area contributed by atoms with Crippen molar-refractivity contribution in [3.05, 3.63) is 59.7 Å². The van der Waals surface area contributed by atoms with Crippen molar-refractivity contribution in [1.29, 1.82) is 0 Å². The van der Waals surface area contributed by atoms with Crippen LogP contribution in [0.1, 0.15) is 28.8 Å². The number of amides is 1. The predicted molar refractivity (Wildman–Crippen MR) is 108 cm³/mol. The fourth-order valence-corrected chi connectivity index (χ4v) is 5.61. The number of hydrogen-bond donors (Lipinski definition) is 2. The van der Waals surface area contributed by atoms with Gasteiger partial charge in [0.2, 0.25) is 0 Å². The van der Waals surface area contributed by atoms with E-state index in [0.717, 1.165) is 17.8 Å². The molecule has 0 aliphatic carbocycles. The molecule has 1 amide bonds. The molecule has 0 spiro atoms. The minimum atomic E-state index is -3.69. The second-order valence-corrected chi connectivity index (χ2v) is 9.31. The topological polar surface area (TPSA) is 70.9 Å². The van der Waals surface area contributed by atoms with E-state index in [1.165, 1.54) is 41.2 Å². The molecule has 1 fully saturated rings. The third kappa shape index (κ3) is 3.77. The summed E-state index contributed by atoms with van der Waals surface area (Å²) in [5.41, 5.74) is 2.14. The van der Waals surface area contributed by atoms with Crippen LogP contribution in [0.15, 0.2) is 53.4 Å². The molecule has 2 aromatic rings. The Labute approximate surface area is 166 Å². The molecule has 2 aliphatic heterocycles. The number of quaternary nitrogens is 1. The van der Waals surface area contributed by atoms with Crippen LogP contribution in [0.25, 0.3) is 0 Å². The van der Waals surface area contributed by atoms with Crippen LogP contribution < -0.4 is 14.5 Å². The highest BCUT2D eigenvalue weighted by Crippen LogP contribution is 2.32. The molecular formula is C21H26N3O3S+. The van der Waals surface area contributed by atoms with Crippen molar-refractivity contribution in [1.82, 2.24) is 5.32 Å². The standard InChI is InChI=1S/C21H25N3O3S/c25-21(22-11-15-23-12-3-4-13-23)18-7-5-8-19(16-18)28(26,27)24-14-10-17-6-1-2-9-20(17)24/h1-2,5-9,16H,3-4,10-15H2,(H,22,25)/p+1. The van der Waals surface area contributed by atoms with Gasteiger partial charge in [0.25, 0.3) is 15.9 Å². The van der Waals surface area contributed by atoms with Crippen LogP contribution in [-0.4, -0.2) is 47.0 Å². The van der Waals surface area contributed by atoms with Crippen molar-refractivity contribution in [2.24, 2.45) is 0 Å². The van der Waals surface area contributed by atoms with E-state index in [1.807, 2.05) is 24.3 Å². The third-order valence-electron chi connectivity index (χ3n) is 5.60. The van der Waals surface area contributed by atoms with Gasteiger partial charge in [0.1, 0.15) is 0 Å². The number of nitrogens with zero attached hydrogens (tertiary/aromatic N) is 1. The van der Waals surface area contributed by atoms with Gasteiger partial charge in [0, 0.05) is 24.9 Å². The lowest BCUT2D eigenvalue weighted by atomic mass is 10.2. The van der Waals surface area contributed by atoms with E-state index in [4.69, 9.17) is 0 Å². The summed E-state index contributed by atoms with van der Waals surface area (Å²) in [7, 11) is -3.69. The Hall–Kier alpha value is -2.38. The number of benzene rings is 2. The number of anilines is 1. The first kappa shape index (κ1) is 19.0. The monoisotopic (exact) mass is 400 g/mol. The number of carbonyl (C=O) groups is 1. The SMILES string of the molecule is O=C(NCC[NH+]1CCCC1)c1cccc(S(=O)(=O)N2CCc3ccccc32)c1. The van der Waals surface area contributed by atoms with Crippen LogP contribution in [-0.2, 0) is 16.4 Å². The molecule has 7 heteroatoms. The average Bonchev–Trinajstić information content (AvgIpc) is 3.38. The second kappa shape index (κ2) is 7.93. The fraction of sp³-hybridized carbons (Fsp3) is 0.381. The van der Waals surface area contributed by atoms with Crippen molar-refractivity contribution in [2.45, 2.75) is 24.2 Å². The molecule has 0 radical (unpaired) electrons. The first-order valence-electron chi connectivity index (χ1n) is 9.88. The Morgan fingerprint density at radius 2 is 1.86 bits per heavy atom. The van der Waals surface area contributed by atoms with Crippen molar-refractivity contribution in [3.8, 4) is 0 Å². The normalized spacial score (nSPS) is 16.9. The van der Waals surface area contributed by atoms with E-state index < -0.39 is 10.0 Å². The number of carbonyl (C=O) groups excluding carboxylic acids is 1. The number of fused-ring (bicyclic) bond motifs is 1. The number of hydrogen-bond acceptors (Lipinski definition) is 3. The Bertz CT molecular complexity index is 968. The summed E-state index contributed by atoms with van der Waals surface area (Å²) in [4.78, 5) is 14.2. The van der Waals surface area contributed by atoms with E-state index in [9.17, 15) is 13.2 Å². The van der Waals surface area contributed by atoms with Gasteiger partial charge in [-0.3, -0.25) is 9.10 Å². The van der Waals surface area contributed by atoms with Gasteiger partial charge in [-0.15, -0.1) is 0 Å². The van der Waals surface area contributed by atoms with Gasteiger partial charge >= 0.3 is 0 Å². The zero-order valence-electron chi connectivity index (χ0n) is 15.9. The minimum absolute atomic E-state index is 0.155. The zero-order valence-corrected chi connectivity index (χ0v) is 16.7. The van der Waals surface area contributed by atoms with Gasteiger partial charge in [0.15, 0.2) is 0 Å². The maximum atomic E-state index is 13.2. The number of para-hydroxylation sites is 1. The van der Waals surface area contributed by atoms with Crippen molar-refractivity contribution in [3.63, 3.8) is 0 Å². The smallest absolute Gasteiger partial charge is 0.264 e. The van der Waals surface area contributed by atoms with Crippen LogP contribution >= 0.6 is 0 Å². The third-order valence-corrected chi connectivity index (χ3v) is 7.41. The molecule has 0 bridgehead atoms. The molecule has 2 aliphatic rings. The molecule has 148 valence electrons. The van der Waals surface area contributed by atoms with Gasteiger partial charge in [-0.2, -0.15) is 0 Å². The molecule has 4 rings (SSSR count). The van der Waals surface area contributed by atoms with Crippen molar-refractivity contribution < 1.29 is 18.1 Å². The molecule has 6 nitrogen and oxygen atoms in total. The molecule has 0 saturated carbocycles. The summed E-state index contributed by atoms with van der Waals surface area (Å²) >= 11 is 0. The summed E-state index contributed by atoms with van der Waals surface area (Å²) < 4.78 is 27.7. The highest BCUT2D eigenvalue weighted by molar-refractivity contribution is 7.92. The molecule has 0 atom stereocenters. The van der Waals surface area contributed by atoms with E-state index in [2.05, 4.69) is 5.32 Å². The van der Waals surface area contributed by atoms with Gasteiger partial charge in [-0.1, -0.05) is 24.3 Å². The van der Waals surface area contributed by atoms with Gasteiger partial charge < -0.3 is 10.2 Å². The lowest BCUT2D eigenvalue weighted by Crippen LogP contribution is -3.10. The highest BCUT2D eigenvalue weighted by atomic mass is 32.2. The maximum Gasteiger partial charge on any atom is 0.264 e. The highest BCUT2D eigenvalue weighted by Gasteiger charge is 2.31. The predicted octanol–water partition coefficient (Wildman–Crippen LogP) is 0.847. The molecule has 2 heterocycles. The zero-order chi connectivity index (χ0) is 19.6. The lowest BCUT2D eigenvalue weighted by molar-refractivity contribution is -0.886. The maximum absolute atomic E-state index is 13.2. The van der Waals surface area contributed by atoms with Crippen LogP contribution in [0.2, 0.25) is 0 Å². The second-order valence-electron chi connectivity index (χ2n) is 7.45. The largest absolute Gasteiger partial charge is 0.346 e. The summed E-state index contributed by atoms with van der Waals surface area (Å²) in [6, 6.07) is 13.9. The van der Waals surface area contributed by atoms with Gasteiger partial charge in [-0.25, -0.2) is 8.42 Å². The summed E-state index contributed by atoms with van der Waals surface area (Å²) in [5, 5.41) is 2.92. The van der Waals surface area contributed by atoms with E-state index in [-0.39, 0.29) is 10.8 Å². The first-order chi connectivity index (χ1) is 13.6. The molecule has 28 heavy (non-hydrogen) atoms. The average molecular weight is 401 g/mol. The Balaban J connectivity index is 1.48. The van der Waals surface area contributed by atoms with Gasteiger partial charge in [0.05, 0.1) is 36.8 Å². The Kier molecular flexibility index (Phi) is 5.37. The van der Waals surface area contributed by atoms with E-state index in [0.29, 0.717) is 25.1 Å². The number of nitrogens with one attached hydrogen (secondary N) is 2. The summed E-state index contributed by atoms with van der Waals surface area (Å²) in [6.45, 7) is 4.28. The Morgan fingerprint density at radius 3 is 2.68 bits per heavy atom. The van der Waals surface area contributed by atoms with Crippen molar-refractivity contribution >= 4 is 21.6 Å². The van der Waals surface area contributed by atoms with Crippen LogP contribution in [0.4, 0.5) is 5.69 Å². The summed E-state index contributed by atoms with van der Waals surface area (Å²) in [6.07, 6.45) is 3.21. The quantitative estimate of drug-likeness (QED) is 0.755. The van der Waals surface area contributed by atoms with E-state index in [1.54, 1.807) is 18.2 Å². The van der Waals surface area contributed by atoms with Crippen LogP contribution in [0.3, 0.4) is 0 Å². The van der Waals surface area contributed by atoms with Gasteiger partial charge in [-0.05, 0) is 36.2 Å². The number of sulfonamides is 1. The first-order valence-corrected chi connectivity index (χ1v) is 11.3. The minimum Gasteiger partial charge on any atom is -0.346 e. The number of likely N-dealkylation sites (tertiary alicyclic amines) is 1. The summed E-state index contributed by atoms with van der Waals surface area (Å²) in [5.74, 6) is -0.225. The van der Waals surface area contributed by atoms with Crippen LogP contribution in [0, 0.1) is 0 Å². The van der Waals surface area contributed by atoms with E-state index >= 15 is 0 Å². The fourth-order valence-electron chi connectivity index (χ4n) is 4.06. The molecule has 1 saturated heterocycles. The lowest BCUT2D eigenvalue weighted by Gasteiger charge is -2.20. The Morgan fingerprint density at radius 1 is 1.07 bits per heavy atom.